The van der Waals surface area contributed by atoms with E-state index in [-0.39, 0.29) is 18.6 Å². The number of amides is 1. The molecule has 1 aliphatic rings. The van der Waals surface area contributed by atoms with Crippen LogP contribution in [0.5, 0.6) is 0 Å². The molecule has 0 fully saturated rings. The molecule has 0 bridgehead atoms. The van der Waals surface area contributed by atoms with Crippen LogP contribution in [0.1, 0.15) is 18.5 Å². The standard InChI is InChI=1S/C15H20BrN3O2/c1-3-5-19(6-7-20)13-9-12-10(8-11(13)16)14(17-4-2)15(21)18-12/h3,8-9,14,17,20H,1,4-7H2,2H3,(H,18,21). The fourth-order valence-corrected chi connectivity index (χ4v) is 3.12. The molecule has 0 saturated heterocycles. The van der Waals surface area contributed by atoms with Crippen molar-refractivity contribution in [3.8, 4) is 0 Å². The number of nitrogens with zero attached hydrogens (tertiary/aromatic N) is 1. The van der Waals surface area contributed by atoms with E-state index < -0.39 is 0 Å². The van der Waals surface area contributed by atoms with Gasteiger partial charge in [0.1, 0.15) is 6.04 Å². The molecule has 1 atom stereocenters. The third-order valence-corrected chi connectivity index (χ3v) is 4.05. The van der Waals surface area contributed by atoms with Gasteiger partial charge in [-0.2, -0.15) is 0 Å². The molecule has 0 saturated carbocycles. The Bertz CT molecular complexity index is 548. The van der Waals surface area contributed by atoms with Gasteiger partial charge in [0.15, 0.2) is 0 Å². The van der Waals surface area contributed by atoms with Crippen LogP contribution in [0.15, 0.2) is 29.3 Å². The van der Waals surface area contributed by atoms with E-state index >= 15 is 0 Å². The average Bonchev–Trinajstić information content (AvgIpc) is 2.74. The molecular weight excluding hydrogens is 334 g/mol. The number of likely N-dealkylation sites (N-methyl/N-ethyl adjacent to an activating group) is 1. The number of carbonyl (C=O) groups excluding carboxylic acids is 1. The summed E-state index contributed by atoms with van der Waals surface area (Å²) in [5.41, 5.74) is 2.69. The normalized spacial score (nSPS) is 16.5. The van der Waals surface area contributed by atoms with E-state index in [4.69, 9.17) is 0 Å². The van der Waals surface area contributed by atoms with Gasteiger partial charge >= 0.3 is 0 Å². The van der Waals surface area contributed by atoms with Crippen LogP contribution in [0.2, 0.25) is 0 Å². The van der Waals surface area contributed by atoms with Crippen LogP contribution >= 0.6 is 15.9 Å². The highest BCUT2D eigenvalue weighted by Gasteiger charge is 2.31. The molecule has 0 aromatic heterocycles. The number of anilines is 2. The Morgan fingerprint density at radius 2 is 2.33 bits per heavy atom. The Labute approximate surface area is 133 Å². The number of rotatable bonds is 7. The Morgan fingerprint density at radius 1 is 1.57 bits per heavy atom. The van der Waals surface area contributed by atoms with Gasteiger partial charge in [-0.1, -0.05) is 13.0 Å². The highest BCUT2D eigenvalue weighted by Crippen LogP contribution is 2.39. The summed E-state index contributed by atoms with van der Waals surface area (Å²) in [4.78, 5) is 14.0. The minimum Gasteiger partial charge on any atom is -0.395 e. The van der Waals surface area contributed by atoms with Crippen molar-refractivity contribution in [1.82, 2.24) is 5.32 Å². The lowest BCUT2D eigenvalue weighted by Crippen LogP contribution is -2.27. The molecule has 2 rings (SSSR count). The van der Waals surface area contributed by atoms with Gasteiger partial charge in [0.05, 0.1) is 12.3 Å². The minimum atomic E-state index is -0.305. The molecule has 5 nitrogen and oxygen atoms in total. The van der Waals surface area contributed by atoms with Crippen molar-refractivity contribution in [3.05, 3.63) is 34.8 Å². The van der Waals surface area contributed by atoms with Gasteiger partial charge in [-0.3, -0.25) is 4.79 Å². The van der Waals surface area contributed by atoms with Crippen LogP contribution in [-0.2, 0) is 4.79 Å². The molecule has 1 aliphatic heterocycles. The maximum absolute atomic E-state index is 12.0. The zero-order valence-corrected chi connectivity index (χ0v) is 13.6. The first kappa shape index (κ1) is 16.0. The molecule has 1 heterocycles. The maximum Gasteiger partial charge on any atom is 0.246 e. The van der Waals surface area contributed by atoms with Crippen molar-refractivity contribution < 1.29 is 9.90 Å². The minimum absolute atomic E-state index is 0.0340. The van der Waals surface area contributed by atoms with Gasteiger partial charge in [-0.05, 0) is 34.6 Å². The average molecular weight is 354 g/mol. The van der Waals surface area contributed by atoms with Gasteiger partial charge in [0.2, 0.25) is 5.91 Å². The first-order valence-electron chi connectivity index (χ1n) is 6.96. The Morgan fingerprint density at radius 3 is 2.95 bits per heavy atom. The fraction of sp³-hybridized carbons (Fsp3) is 0.400. The van der Waals surface area contributed by atoms with Crippen molar-refractivity contribution >= 4 is 33.2 Å². The molecule has 1 amide bonds. The van der Waals surface area contributed by atoms with Crippen LogP contribution in [0.4, 0.5) is 11.4 Å². The Balaban J connectivity index is 2.37. The number of halogens is 1. The summed E-state index contributed by atoms with van der Waals surface area (Å²) in [6.45, 7) is 7.64. The van der Waals surface area contributed by atoms with E-state index in [2.05, 4.69) is 33.1 Å². The number of hydrogen-bond acceptors (Lipinski definition) is 4. The third-order valence-electron chi connectivity index (χ3n) is 3.42. The smallest absolute Gasteiger partial charge is 0.246 e. The molecule has 3 N–H and O–H groups in total. The predicted molar refractivity (Wildman–Crippen MR) is 88.7 cm³/mol. The van der Waals surface area contributed by atoms with E-state index in [1.165, 1.54) is 0 Å². The summed E-state index contributed by atoms with van der Waals surface area (Å²) in [6, 6.07) is 3.60. The van der Waals surface area contributed by atoms with Crippen LogP contribution in [0.3, 0.4) is 0 Å². The summed E-state index contributed by atoms with van der Waals surface area (Å²) in [5.74, 6) is -0.0340. The van der Waals surface area contributed by atoms with Gasteiger partial charge in [-0.15, -0.1) is 6.58 Å². The lowest BCUT2D eigenvalue weighted by molar-refractivity contribution is -0.117. The lowest BCUT2D eigenvalue weighted by atomic mass is 10.1. The monoisotopic (exact) mass is 353 g/mol. The van der Waals surface area contributed by atoms with Crippen LogP contribution < -0.4 is 15.5 Å². The molecule has 0 aliphatic carbocycles. The summed E-state index contributed by atoms with van der Waals surface area (Å²) >= 11 is 3.56. The number of fused-ring (bicyclic) bond motifs is 1. The van der Waals surface area contributed by atoms with Crippen LogP contribution in [0.25, 0.3) is 0 Å². The van der Waals surface area contributed by atoms with E-state index in [9.17, 15) is 9.90 Å². The summed E-state index contributed by atoms with van der Waals surface area (Å²) in [7, 11) is 0. The molecular formula is C15H20BrN3O2. The molecule has 21 heavy (non-hydrogen) atoms. The number of nitrogens with one attached hydrogen (secondary N) is 2. The van der Waals surface area contributed by atoms with Crippen molar-refractivity contribution in [2.45, 2.75) is 13.0 Å². The van der Waals surface area contributed by atoms with E-state index in [1.807, 2.05) is 24.0 Å². The van der Waals surface area contributed by atoms with Crippen LogP contribution in [-0.4, -0.2) is 37.3 Å². The van der Waals surface area contributed by atoms with Gasteiger partial charge < -0.3 is 20.6 Å². The maximum atomic E-state index is 12.0. The van der Waals surface area contributed by atoms with Crippen molar-refractivity contribution in [1.29, 1.82) is 0 Å². The highest BCUT2D eigenvalue weighted by atomic mass is 79.9. The van der Waals surface area contributed by atoms with Crippen LogP contribution in [0, 0.1) is 0 Å². The summed E-state index contributed by atoms with van der Waals surface area (Å²) in [5, 5.41) is 15.3. The number of carbonyl (C=O) groups is 1. The molecule has 114 valence electrons. The quantitative estimate of drug-likeness (QED) is 0.656. The zero-order valence-electron chi connectivity index (χ0n) is 12.0. The highest BCUT2D eigenvalue weighted by molar-refractivity contribution is 9.10. The second kappa shape index (κ2) is 7.06. The molecule has 1 aromatic carbocycles. The number of aliphatic hydroxyl groups is 1. The SMILES string of the molecule is C=CCN(CCO)c1cc2c(cc1Br)C(NCC)C(=O)N2. The molecule has 6 heteroatoms. The number of benzene rings is 1. The zero-order chi connectivity index (χ0) is 15.4. The van der Waals surface area contributed by atoms with E-state index in [1.54, 1.807) is 6.08 Å². The third kappa shape index (κ3) is 3.28. The molecule has 1 aromatic rings. The van der Waals surface area contributed by atoms with E-state index in [0.717, 1.165) is 28.0 Å². The van der Waals surface area contributed by atoms with Crippen molar-refractivity contribution in [2.24, 2.45) is 0 Å². The van der Waals surface area contributed by atoms with Gasteiger partial charge in [0.25, 0.3) is 0 Å². The van der Waals surface area contributed by atoms with Gasteiger partial charge in [-0.25, -0.2) is 0 Å². The lowest BCUT2D eigenvalue weighted by Gasteiger charge is -2.24. The second-order valence-corrected chi connectivity index (χ2v) is 5.68. The fourth-order valence-electron chi connectivity index (χ4n) is 2.51. The Kier molecular flexibility index (Phi) is 5.39. The summed E-state index contributed by atoms with van der Waals surface area (Å²) < 4.78 is 0.899. The molecule has 0 radical (unpaired) electrons. The molecule has 1 unspecified atom stereocenters. The first-order valence-corrected chi connectivity index (χ1v) is 7.76. The van der Waals surface area contributed by atoms with Crippen molar-refractivity contribution in [3.63, 3.8) is 0 Å². The number of aliphatic hydroxyl groups excluding tert-OH is 1. The molecule has 0 spiro atoms. The predicted octanol–water partition coefficient (Wildman–Crippen LogP) is 2.04. The Hall–Kier alpha value is -1.37. The largest absolute Gasteiger partial charge is 0.395 e. The summed E-state index contributed by atoms with van der Waals surface area (Å²) in [6.07, 6.45) is 1.79. The van der Waals surface area contributed by atoms with Gasteiger partial charge in [0, 0.05) is 28.8 Å². The first-order chi connectivity index (χ1) is 10.1. The number of hydrogen-bond donors (Lipinski definition) is 3. The van der Waals surface area contributed by atoms with E-state index in [0.29, 0.717) is 13.1 Å². The topological polar surface area (TPSA) is 64.6 Å². The second-order valence-electron chi connectivity index (χ2n) is 4.83. The van der Waals surface area contributed by atoms with Crippen molar-refractivity contribution in [2.75, 3.05) is 36.5 Å².